The molecular weight excluding hydrogens is 204 g/mol. The minimum atomic E-state index is -0.126. The van der Waals surface area contributed by atoms with E-state index in [0.717, 1.165) is 12.3 Å². The first kappa shape index (κ1) is 11.9. The molecule has 3 nitrogen and oxygen atoms in total. The zero-order chi connectivity index (χ0) is 11.6. The fourth-order valence-corrected chi connectivity index (χ4v) is 2.94. The summed E-state index contributed by atoms with van der Waals surface area (Å²) in [5.41, 5.74) is -0.0454. The Labute approximate surface area is 97.5 Å². The van der Waals surface area contributed by atoms with Crippen molar-refractivity contribution >= 4 is 5.97 Å². The van der Waals surface area contributed by atoms with Crippen LogP contribution in [0.15, 0.2) is 0 Å². The molecule has 0 N–H and O–H groups in total. The molecule has 0 unspecified atom stereocenters. The van der Waals surface area contributed by atoms with Crippen LogP contribution in [-0.4, -0.2) is 24.8 Å². The second-order valence-corrected chi connectivity index (χ2v) is 5.33. The normalized spacial score (nSPS) is 34.8. The van der Waals surface area contributed by atoms with Crippen LogP contribution in [0.25, 0.3) is 0 Å². The van der Waals surface area contributed by atoms with E-state index in [1.165, 1.54) is 39.2 Å². The molecule has 2 fully saturated rings. The number of esters is 1. The molecule has 2 rings (SSSR count). The first-order valence-electron chi connectivity index (χ1n) is 6.40. The molecule has 1 heterocycles. The number of carbonyl (C=O) groups excluding carboxylic acids is 1. The molecule has 2 atom stereocenters. The largest absolute Gasteiger partial charge is 0.469 e. The SMILES string of the molecule is COC(=O)CC[C@@]1(C)O[C@@H]1C1CCCCC1. The van der Waals surface area contributed by atoms with Gasteiger partial charge in [0.2, 0.25) is 0 Å². The average Bonchev–Trinajstić information content (AvgIpc) is 3.00. The highest BCUT2D eigenvalue weighted by Crippen LogP contribution is 2.48. The predicted octanol–water partition coefficient (Wildman–Crippen LogP) is 2.68. The first-order valence-corrected chi connectivity index (χ1v) is 6.40. The lowest BCUT2D eigenvalue weighted by Gasteiger charge is -2.20. The minimum absolute atomic E-state index is 0.0454. The van der Waals surface area contributed by atoms with Gasteiger partial charge in [-0.05, 0) is 32.1 Å². The zero-order valence-electron chi connectivity index (χ0n) is 10.3. The van der Waals surface area contributed by atoms with E-state index in [2.05, 4.69) is 11.7 Å². The van der Waals surface area contributed by atoms with E-state index in [1.54, 1.807) is 0 Å². The number of hydrogen-bond donors (Lipinski definition) is 0. The summed E-state index contributed by atoms with van der Waals surface area (Å²) in [6, 6.07) is 0. The molecule has 0 radical (unpaired) electrons. The van der Waals surface area contributed by atoms with Crippen molar-refractivity contribution in [2.75, 3.05) is 7.11 Å². The third-order valence-corrected chi connectivity index (χ3v) is 4.07. The van der Waals surface area contributed by atoms with Crippen LogP contribution in [0.1, 0.15) is 51.9 Å². The van der Waals surface area contributed by atoms with Crippen molar-refractivity contribution in [1.82, 2.24) is 0 Å². The van der Waals surface area contributed by atoms with Gasteiger partial charge in [0, 0.05) is 6.42 Å². The van der Waals surface area contributed by atoms with E-state index in [1.807, 2.05) is 0 Å². The number of rotatable bonds is 4. The summed E-state index contributed by atoms with van der Waals surface area (Å²) in [5.74, 6) is 0.607. The van der Waals surface area contributed by atoms with Crippen LogP contribution in [0.5, 0.6) is 0 Å². The number of ether oxygens (including phenoxy) is 2. The molecule has 0 aromatic carbocycles. The first-order chi connectivity index (χ1) is 7.65. The molecule has 1 saturated carbocycles. The molecule has 3 heteroatoms. The molecule has 1 saturated heterocycles. The number of methoxy groups -OCH3 is 1. The Hall–Kier alpha value is -0.570. The van der Waals surface area contributed by atoms with Crippen molar-refractivity contribution in [3.05, 3.63) is 0 Å². The minimum Gasteiger partial charge on any atom is -0.469 e. The predicted molar refractivity (Wildman–Crippen MR) is 61.1 cm³/mol. The van der Waals surface area contributed by atoms with Crippen LogP contribution in [0.2, 0.25) is 0 Å². The lowest BCUT2D eigenvalue weighted by molar-refractivity contribution is -0.141. The van der Waals surface area contributed by atoms with Gasteiger partial charge in [0.15, 0.2) is 0 Å². The highest BCUT2D eigenvalue weighted by Gasteiger charge is 2.55. The van der Waals surface area contributed by atoms with E-state index in [9.17, 15) is 4.79 Å². The summed E-state index contributed by atoms with van der Waals surface area (Å²) in [7, 11) is 1.44. The third-order valence-electron chi connectivity index (χ3n) is 4.07. The Balaban J connectivity index is 1.76. The van der Waals surface area contributed by atoms with Crippen LogP contribution in [0.3, 0.4) is 0 Å². The quantitative estimate of drug-likeness (QED) is 0.546. The van der Waals surface area contributed by atoms with Gasteiger partial charge in [-0.15, -0.1) is 0 Å². The summed E-state index contributed by atoms with van der Waals surface area (Å²) in [6.07, 6.45) is 8.36. The van der Waals surface area contributed by atoms with E-state index in [-0.39, 0.29) is 11.6 Å². The van der Waals surface area contributed by atoms with Gasteiger partial charge in [0.25, 0.3) is 0 Å². The standard InChI is InChI=1S/C13H22O3/c1-13(9-8-11(14)15-2)12(16-13)10-6-4-3-5-7-10/h10,12H,3-9H2,1-2H3/t12-,13-/m1/s1. The molecule has 16 heavy (non-hydrogen) atoms. The second kappa shape index (κ2) is 4.74. The molecule has 0 aromatic heterocycles. The number of hydrogen-bond acceptors (Lipinski definition) is 3. The maximum absolute atomic E-state index is 11.1. The van der Waals surface area contributed by atoms with Gasteiger partial charge in [-0.3, -0.25) is 4.79 Å². The van der Waals surface area contributed by atoms with Crippen LogP contribution in [0.4, 0.5) is 0 Å². The van der Waals surface area contributed by atoms with Gasteiger partial charge < -0.3 is 9.47 Å². The van der Waals surface area contributed by atoms with Crippen molar-refractivity contribution in [3.63, 3.8) is 0 Å². The monoisotopic (exact) mass is 226 g/mol. The Morgan fingerprint density at radius 3 is 2.69 bits per heavy atom. The van der Waals surface area contributed by atoms with Crippen LogP contribution in [-0.2, 0) is 14.3 Å². The fraction of sp³-hybridized carbons (Fsp3) is 0.923. The Bertz CT molecular complexity index is 258. The molecule has 1 aliphatic heterocycles. The molecule has 0 aromatic rings. The van der Waals surface area contributed by atoms with E-state index < -0.39 is 0 Å². The Morgan fingerprint density at radius 1 is 1.38 bits per heavy atom. The van der Waals surface area contributed by atoms with E-state index in [0.29, 0.717) is 12.5 Å². The van der Waals surface area contributed by atoms with Crippen molar-refractivity contribution in [3.8, 4) is 0 Å². The van der Waals surface area contributed by atoms with E-state index >= 15 is 0 Å². The Morgan fingerprint density at radius 2 is 2.06 bits per heavy atom. The fourth-order valence-electron chi connectivity index (χ4n) is 2.94. The highest BCUT2D eigenvalue weighted by atomic mass is 16.6. The zero-order valence-corrected chi connectivity index (χ0v) is 10.3. The summed E-state index contributed by atoms with van der Waals surface area (Å²) in [5, 5.41) is 0. The van der Waals surface area contributed by atoms with Crippen LogP contribution < -0.4 is 0 Å². The van der Waals surface area contributed by atoms with Gasteiger partial charge in [0.05, 0.1) is 18.8 Å². The van der Waals surface area contributed by atoms with Crippen molar-refractivity contribution in [1.29, 1.82) is 0 Å². The summed E-state index contributed by atoms with van der Waals surface area (Å²) >= 11 is 0. The molecule has 0 spiro atoms. The average molecular weight is 226 g/mol. The summed E-state index contributed by atoms with van der Waals surface area (Å²) in [4.78, 5) is 11.1. The molecule has 1 aliphatic carbocycles. The second-order valence-electron chi connectivity index (χ2n) is 5.33. The lowest BCUT2D eigenvalue weighted by Crippen LogP contribution is -2.21. The van der Waals surface area contributed by atoms with Gasteiger partial charge in [-0.25, -0.2) is 0 Å². The van der Waals surface area contributed by atoms with Gasteiger partial charge in [-0.2, -0.15) is 0 Å². The smallest absolute Gasteiger partial charge is 0.305 e. The summed E-state index contributed by atoms with van der Waals surface area (Å²) < 4.78 is 10.5. The molecule has 2 aliphatic rings. The summed E-state index contributed by atoms with van der Waals surface area (Å²) in [6.45, 7) is 2.13. The lowest BCUT2D eigenvalue weighted by atomic mass is 9.82. The maximum atomic E-state index is 11.1. The molecular formula is C13H22O3. The topological polar surface area (TPSA) is 38.8 Å². The van der Waals surface area contributed by atoms with Crippen LogP contribution in [0, 0.1) is 5.92 Å². The third kappa shape index (κ3) is 2.57. The van der Waals surface area contributed by atoms with Crippen LogP contribution >= 0.6 is 0 Å². The molecule has 0 bridgehead atoms. The van der Waals surface area contributed by atoms with Crippen molar-refractivity contribution in [2.24, 2.45) is 5.92 Å². The van der Waals surface area contributed by atoms with Gasteiger partial charge in [0.1, 0.15) is 0 Å². The van der Waals surface area contributed by atoms with Crippen molar-refractivity contribution in [2.45, 2.75) is 63.6 Å². The van der Waals surface area contributed by atoms with Crippen molar-refractivity contribution < 1.29 is 14.3 Å². The number of epoxide rings is 1. The van der Waals surface area contributed by atoms with Gasteiger partial charge >= 0.3 is 5.97 Å². The molecule has 92 valence electrons. The van der Waals surface area contributed by atoms with E-state index in [4.69, 9.17) is 4.74 Å². The Kier molecular flexibility index (Phi) is 3.53. The number of carbonyl (C=O) groups is 1. The molecule has 0 amide bonds. The highest BCUT2D eigenvalue weighted by molar-refractivity contribution is 5.69. The van der Waals surface area contributed by atoms with Gasteiger partial charge in [-0.1, -0.05) is 19.3 Å². The maximum Gasteiger partial charge on any atom is 0.305 e.